The molecule has 5 heteroatoms. The lowest BCUT2D eigenvalue weighted by Crippen LogP contribution is -2.39. The maximum atomic E-state index is 12.2. The van der Waals surface area contributed by atoms with Crippen LogP contribution < -0.4 is 10.6 Å². The van der Waals surface area contributed by atoms with Gasteiger partial charge in [0.2, 0.25) is 0 Å². The number of benzene rings is 2. The molecule has 2 aromatic rings. The number of carbonyl (C=O) groups excluding carboxylic acids is 2. The van der Waals surface area contributed by atoms with Crippen molar-refractivity contribution in [3.8, 4) is 0 Å². The Bertz CT molecular complexity index is 804. The van der Waals surface area contributed by atoms with E-state index in [1.54, 1.807) is 0 Å². The first-order chi connectivity index (χ1) is 12.0. The van der Waals surface area contributed by atoms with Crippen LogP contribution in [0.25, 0.3) is 10.8 Å². The van der Waals surface area contributed by atoms with E-state index in [2.05, 4.69) is 16.7 Å². The molecule has 0 bridgehead atoms. The van der Waals surface area contributed by atoms with E-state index >= 15 is 0 Å². The zero-order valence-electron chi connectivity index (χ0n) is 14.6. The summed E-state index contributed by atoms with van der Waals surface area (Å²) in [5.41, 5.74) is 3.21. The molecule has 0 spiro atoms. The standard InChI is InChI=1S/C20H24N2O3/c1-12(2)10-15(23)11-21-19(24)20(25)22-17-9-8-14-7-6-13-4-3-5-16(17)18(13)14/h3-5,8-9,12,15,23H,6-7,10-11H2,1-2H3,(H,21,24)(H,22,25). The molecule has 132 valence electrons. The van der Waals surface area contributed by atoms with Gasteiger partial charge in [-0.3, -0.25) is 9.59 Å². The smallest absolute Gasteiger partial charge is 0.313 e. The fraction of sp³-hybridized carbons (Fsp3) is 0.400. The Balaban J connectivity index is 1.68. The van der Waals surface area contributed by atoms with Crippen LogP contribution in [0.15, 0.2) is 30.3 Å². The number of amides is 2. The molecule has 0 fully saturated rings. The number of nitrogens with one attached hydrogen (secondary N) is 2. The van der Waals surface area contributed by atoms with E-state index in [1.807, 2.05) is 38.1 Å². The van der Waals surface area contributed by atoms with Gasteiger partial charge in [-0.2, -0.15) is 0 Å². The molecule has 3 rings (SSSR count). The quantitative estimate of drug-likeness (QED) is 0.731. The molecule has 3 N–H and O–H groups in total. The van der Waals surface area contributed by atoms with Crippen LogP contribution in [-0.4, -0.2) is 29.6 Å². The first kappa shape index (κ1) is 17.4. The summed E-state index contributed by atoms with van der Waals surface area (Å²) in [5.74, 6) is -1.12. The largest absolute Gasteiger partial charge is 0.391 e. The number of aliphatic hydroxyl groups excluding tert-OH is 1. The van der Waals surface area contributed by atoms with Crippen molar-refractivity contribution < 1.29 is 14.7 Å². The minimum atomic E-state index is -0.731. The van der Waals surface area contributed by atoms with Crippen LogP contribution in [0.4, 0.5) is 5.69 Å². The van der Waals surface area contributed by atoms with Crippen molar-refractivity contribution in [3.05, 3.63) is 41.5 Å². The van der Waals surface area contributed by atoms with E-state index in [9.17, 15) is 14.7 Å². The molecule has 2 aromatic carbocycles. The van der Waals surface area contributed by atoms with Gasteiger partial charge in [-0.1, -0.05) is 38.1 Å². The number of anilines is 1. The number of rotatable bonds is 5. The Morgan fingerprint density at radius 3 is 2.52 bits per heavy atom. The molecule has 0 aromatic heterocycles. The molecular formula is C20H24N2O3. The van der Waals surface area contributed by atoms with Crippen LogP contribution in [-0.2, 0) is 22.4 Å². The fourth-order valence-electron chi connectivity index (χ4n) is 3.45. The summed E-state index contributed by atoms with van der Waals surface area (Å²) in [6.45, 7) is 4.06. The lowest BCUT2D eigenvalue weighted by molar-refractivity contribution is -0.136. The van der Waals surface area contributed by atoms with E-state index in [4.69, 9.17) is 0 Å². The number of hydrogen-bond donors (Lipinski definition) is 3. The van der Waals surface area contributed by atoms with Gasteiger partial charge in [-0.15, -0.1) is 0 Å². The van der Waals surface area contributed by atoms with Crippen molar-refractivity contribution >= 4 is 28.3 Å². The van der Waals surface area contributed by atoms with Crippen molar-refractivity contribution in [3.63, 3.8) is 0 Å². The summed E-state index contributed by atoms with van der Waals surface area (Å²) in [6, 6.07) is 9.91. The van der Waals surface area contributed by atoms with Crippen LogP contribution in [0.2, 0.25) is 0 Å². The summed E-state index contributed by atoms with van der Waals surface area (Å²) in [6.07, 6.45) is 1.96. The lowest BCUT2D eigenvalue weighted by atomic mass is 10.0. The molecule has 0 radical (unpaired) electrons. The molecular weight excluding hydrogens is 316 g/mol. The molecule has 1 atom stereocenters. The van der Waals surface area contributed by atoms with Gasteiger partial charge in [0.25, 0.3) is 0 Å². The third kappa shape index (κ3) is 3.82. The molecule has 25 heavy (non-hydrogen) atoms. The summed E-state index contributed by atoms with van der Waals surface area (Å²) < 4.78 is 0. The second kappa shape index (κ2) is 7.23. The van der Waals surface area contributed by atoms with Crippen LogP contribution in [0.1, 0.15) is 31.4 Å². The summed E-state index contributed by atoms with van der Waals surface area (Å²) in [5, 5.41) is 17.1. The second-order valence-electron chi connectivity index (χ2n) is 7.06. The molecule has 2 amide bonds. The molecule has 0 saturated heterocycles. The van der Waals surface area contributed by atoms with E-state index < -0.39 is 17.9 Å². The van der Waals surface area contributed by atoms with Crippen LogP contribution in [0.5, 0.6) is 0 Å². The van der Waals surface area contributed by atoms with Crippen LogP contribution >= 0.6 is 0 Å². The Morgan fingerprint density at radius 2 is 1.80 bits per heavy atom. The number of aliphatic hydroxyl groups is 1. The van der Waals surface area contributed by atoms with Crippen molar-refractivity contribution in [1.29, 1.82) is 0 Å². The third-order valence-electron chi connectivity index (χ3n) is 4.57. The molecule has 0 heterocycles. The summed E-state index contributed by atoms with van der Waals surface area (Å²) >= 11 is 0. The Labute approximate surface area is 147 Å². The minimum absolute atomic E-state index is 0.0776. The maximum absolute atomic E-state index is 12.2. The van der Waals surface area contributed by atoms with Gasteiger partial charge in [0.15, 0.2) is 0 Å². The Hall–Kier alpha value is -2.40. The van der Waals surface area contributed by atoms with Crippen molar-refractivity contribution in [2.75, 3.05) is 11.9 Å². The van der Waals surface area contributed by atoms with Crippen molar-refractivity contribution in [1.82, 2.24) is 5.32 Å². The molecule has 1 aliphatic carbocycles. The molecule has 5 nitrogen and oxygen atoms in total. The van der Waals surface area contributed by atoms with E-state index in [1.165, 1.54) is 16.5 Å². The van der Waals surface area contributed by atoms with Gasteiger partial charge in [0.1, 0.15) is 0 Å². The highest BCUT2D eigenvalue weighted by Crippen LogP contribution is 2.34. The van der Waals surface area contributed by atoms with E-state index in [-0.39, 0.29) is 6.54 Å². The first-order valence-corrected chi connectivity index (χ1v) is 8.76. The summed E-state index contributed by atoms with van der Waals surface area (Å²) in [7, 11) is 0. The topological polar surface area (TPSA) is 78.4 Å². The van der Waals surface area contributed by atoms with Crippen molar-refractivity contribution in [2.24, 2.45) is 5.92 Å². The third-order valence-corrected chi connectivity index (χ3v) is 4.57. The normalized spacial score (nSPS) is 13.9. The van der Waals surface area contributed by atoms with E-state index in [0.29, 0.717) is 18.0 Å². The molecule has 1 aliphatic rings. The molecule has 1 unspecified atom stereocenters. The highest BCUT2D eigenvalue weighted by atomic mass is 16.3. The van der Waals surface area contributed by atoms with E-state index in [0.717, 1.165) is 18.2 Å². The average molecular weight is 340 g/mol. The summed E-state index contributed by atoms with van der Waals surface area (Å²) in [4.78, 5) is 24.2. The van der Waals surface area contributed by atoms with Gasteiger partial charge >= 0.3 is 11.8 Å². The first-order valence-electron chi connectivity index (χ1n) is 8.76. The van der Waals surface area contributed by atoms with Crippen LogP contribution in [0, 0.1) is 5.92 Å². The second-order valence-corrected chi connectivity index (χ2v) is 7.06. The zero-order chi connectivity index (χ0) is 18.0. The number of carbonyl (C=O) groups is 2. The highest BCUT2D eigenvalue weighted by molar-refractivity contribution is 6.40. The fourth-order valence-corrected chi connectivity index (χ4v) is 3.45. The number of hydrogen-bond acceptors (Lipinski definition) is 3. The minimum Gasteiger partial charge on any atom is -0.391 e. The van der Waals surface area contributed by atoms with Gasteiger partial charge < -0.3 is 15.7 Å². The predicted octanol–water partition coefficient (Wildman–Crippen LogP) is 2.40. The predicted molar refractivity (Wildman–Crippen MR) is 98.5 cm³/mol. The highest BCUT2D eigenvalue weighted by Gasteiger charge is 2.19. The average Bonchev–Trinajstić information content (AvgIpc) is 2.99. The van der Waals surface area contributed by atoms with Gasteiger partial charge in [0, 0.05) is 17.6 Å². The Morgan fingerprint density at radius 1 is 1.08 bits per heavy atom. The van der Waals surface area contributed by atoms with Gasteiger partial charge in [-0.05, 0) is 47.8 Å². The lowest BCUT2D eigenvalue weighted by Gasteiger charge is -2.14. The number of aryl methyl sites for hydroxylation is 2. The van der Waals surface area contributed by atoms with Gasteiger partial charge in [0.05, 0.1) is 6.10 Å². The Kier molecular flexibility index (Phi) is 5.04. The monoisotopic (exact) mass is 340 g/mol. The maximum Gasteiger partial charge on any atom is 0.313 e. The molecule has 0 aliphatic heterocycles. The van der Waals surface area contributed by atoms with Crippen LogP contribution in [0.3, 0.4) is 0 Å². The SMILES string of the molecule is CC(C)CC(O)CNC(=O)C(=O)Nc1ccc2c3c(cccc13)CC2. The van der Waals surface area contributed by atoms with Crippen molar-refractivity contribution in [2.45, 2.75) is 39.2 Å². The molecule has 0 saturated carbocycles. The van der Waals surface area contributed by atoms with Gasteiger partial charge in [-0.25, -0.2) is 0 Å². The zero-order valence-corrected chi connectivity index (χ0v) is 14.6.